The number of hydrazone groups is 1. The molecule has 0 aliphatic carbocycles. The van der Waals surface area contributed by atoms with Crippen LogP contribution in [0.4, 0.5) is 11.4 Å². The van der Waals surface area contributed by atoms with E-state index in [0.717, 1.165) is 43.0 Å². The van der Waals surface area contributed by atoms with Crippen LogP contribution < -0.4 is 4.90 Å². The van der Waals surface area contributed by atoms with Crippen molar-refractivity contribution in [2.45, 2.75) is 31.2 Å². The summed E-state index contributed by atoms with van der Waals surface area (Å²) in [5.41, 5.74) is 1.94. The zero-order valence-electron chi connectivity index (χ0n) is 14.5. The summed E-state index contributed by atoms with van der Waals surface area (Å²) in [6.07, 6.45) is 6.64. The Kier molecular flexibility index (Phi) is 5.63. The first-order chi connectivity index (χ1) is 12.0. The van der Waals surface area contributed by atoms with Gasteiger partial charge in [0.15, 0.2) is 11.3 Å². The van der Waals surface area contributed by atoms with E-state index in [4.69, 9.17) is 0 Å². The molecule has 3 rings (SSSR count). The minimum Gasteiger partial charge on any atom is -0.371 e. The molecule has 1 unspecified atom stereocenters. The lowest BCUT2D eigenvalue weighted by Crippen LogP contribution is -2.35. The van der Waals surface area contributed by atoms with Gasteiger partial charge in [0.1, 0.15) is 0 Å². The Morgan fingerprint density at radius 2 is 1.96 bits per heavy atom. The van der Waals surface area contributed by atoms with Crippen molar-refractivity contribution in [2.75, 3.05) is 31.3 Å². The largest absolute Gasteiger partial charge is 0.371 e. The van der Waals surface area contributed by atoms with Gasteiger partial charge in [0.2, 0.25) is 0 Å². The lowest BCUT2D eigenvalue weighted by atomic mass is 10.1. The van der Waals surface area contributed by atoms with Gasteiger partial charge < -0.3 is 9.80 Å². The molecule has 2 aliphatic heterocycles. The van der Waals surface area contributed by atoms with Crippen LogP contribution in [0.3, 0.4) is 0 Å². The van der Waals surface area contributed by atoms with Crippen molar-refractivity contribution >= 4 is 41.8 Å². The van der Waals surface area contributed by atoms with Crippen LogP contribution in [0.5, 0.6) is 0 Å². The fourth-order valence-electron chi connectivity index (χ4n) is 3.37. The van der Waals surface area contributed by atoms with E-state index in [0.29, 0.717) is 0 Å². The van der Waals surface area contributed by atoms with Crippen molar-refractivity contribution in [3.8, 4) is 0 Å². The van der Waals surface area contributed by atoms with Crippen molar-refractivity contribution in [1.82, 2.24) is 9.31 Å². The van der Waals surface area contributed by atoms with Crippen LogP contribution in [-0.4, -0.2) is 52.0 Å². The highest BCUT2D eigenvalue weighted by Crippen LogP contribution is 2.34. The number of hydrogen-bond acceptors (Lipinski definition) is 8. The van der Waals surface area contributed by atoms with Gasteiger partial charge in [-0.2, -0.15) is 0 Å². The fourth-order valence-corrected chi connectivity index (χ4v) is 4.54. The summed E-state index contributed by atoms with van der Waals surface area (Å²) in [4.78, 5) is 15.3. The van der Waals surface area contributed by atoms with E-state index in [1.165, 1.54) is 12.8 Å². The Hall–Kier alpha value is -1.61. The number of rotatable bonds is 4. The van der Waals surface area contributed by atoms with Crippen molar-refractivity contribution in [2.24, 2.45) is 5.10 Å². The monoisotopic (exact) mass is 381 g/mol. The van der Waals surface area contributed by atoms with Crippen LogP contribution in [0.25, 0.3) is 0 Å². The molecule has 7 nitrogen and oxygen atoms in total. The summed E-state index contributed by atoms with van der Waals surface area (Å²) in [5.74, 6) is 0.795. The second-order valence-electron chi connectivity index (χ2n) is 6.28. The van der Waals surface area contributed by atoms with Gasteiger partial charge in [-0.15, -0.1) is 16.9 Å². The minimum absolute atomic E-state index is 0.00510. The van der Waals surface area contributed by atoms with E-state index in [1.807, 2.05) is 19.4 Å². The molecule has 136 valence electrons. The van der Waals surface area contributed by atoms with Crippen LogP contribution in [0.15, 0.2) is 23.3 Å². The average Bonchev–Trinajstić information content (AvgIpc) is 2.79. The predicted octanol–water partition coefficient (Wildman–Crippen LogP) is 3.38. The Bertz CT molecular complexity index is 676. The van der Waals surface area contributed by atoms with Gasteiger partial charge in [-0.1, -0.05) is 12.8 Å². The van der Waals surface area contributed by atoms with Gasteiger partial charge in [0.25, 0.3) is 5.69 Å². The topological polar surface area (TPSA) is 65.2 Å². The number of hydrogen-bond donors (Lipinski definition) is 1. The van der Waals surface area contributed by atoms with Gasteiger partial charge in [0, 0.05) is 37.8 Å². The number of thioether (sulfide) groups is 1. The molecular weight excluding hydrogens is 358 g/mol. The van der Waals surface area contributed by atoms with Gasteiger partial charge in [-0.3, -0.25) is 10.1 Å². The second-order valence-corrected chi connectivity index (χ2v) is 7.58. The van der Waals surface area contributed by atoms with E-state index in [-0.39, 0.29) is 16.1 Å². The second kappa shape index (κ2) is 7.74. The molecule has 1 aromatic rings. The lowest BCUT2D eigenvalue weighted by molar-refractivity contribution is -0.384. The first kappa shape index (κ1) is 18.2. The van der Waals surface area contributed by atoms with Crippen LogP contribution in [-0.2, 0) is 0 Å². The third-order valence-corrected chi connectivity index (χ3v) is 6.05. The average molecular weight is 382 g/mol. The van der Waals surface area contributed by atoms with Crippen molar-refractivity contribution in [1.29, 1.82) is 0 Å². The van der Waals surface area contributed by atoms with Crippen LogP contribution in [0, 0.1) is 10.1 Å². The molecule has 0 bridgehead atoms. The Morgan fingerprint density at radius 3 is 2.52 bits per heavy atom. The number of thiol groups is 1. The van der Waals surface area contributed by atoms with Gasteiger partial charge in [0.05, 0.1) is 10.6 Å². The summed E-state index contributed by atoms with van der Waals surface area (Å²) in [7, 11) is 1.98. The van der Waals surface area contributed by atoms with Gasteiger partial charge >= 0.3 is 0 Å². The zero-order valence-corrected chi connectivity index (χ0v) is 16.2. The van der Waals surface area contributed by atoms with E-state index in [9.17, 15) is 10.1 Å². The Labute approximate surface area is 157 Å². The quantitative estimate of drug-likeness (QED) is 0.490. The van der Waals surface area contributed by atoms with Crippen LogP contribution in [0.2, 0.25) is 0 Å². The number of amidine groups is 1. The molecule has 2 aliphatic rings. The molecule has 1 aromatic carbocycles. The molecular formula is C16H23N5O2S2. The maximum absolute atomic E-state index is 11.3. The first-order valence-corrected chi connectivity index (χ1v) is 10.1. The Morgan fingerprint density at radius 1 is 1.28 bits per heavy atom. The number of nitro benzene ring substituents is 1. The highest BCUT2D eigenvalue weighted by molar-refractivity contribution is 7.99. The molecule has 0 spiro atoms. The summed E-state index contributed by atoms with van der Waals surface area (Å²) < 4.78 is 1.63. The third-order valence-electron chi connectivity index (χ3n) is 4.65. The predicted molar refractivity (Wildman–Crippen MR) is 106 cm³/mol. The maximum atomic E-state index is 11.3. The molecule has 2 heterocycles. The molecule has 0 N–H and O–H groups in total. The van der Waals surface area contributed by atoms with Gasteiger partial charge in [-0.05, 0) is 38.0 Å². The molecule has 1 fully saturated rings. The maximum Gasteiger partial charge on any atom is 0.271 e. The summed E-state index contributed by atoms with van der Waals surface area (Å²) in [5, 5.41) is 15.8. The van der Waals surface area contributed by atoms with Crippen molar-refractivity contribution < 1.29 is 4.92 Å². The van der Waals surface area contributed by atoms with E-state index < -0.39 is 0 Å². The molecule has 1 saturated heterocycles. The van der Waals surface area contributed by atoms with Crippen molar-refractivity contribution in [3.05, 3.63) is 33.9 Å². The first-order valence-electron chi connectivity index (χ1n) is 8.39. The number of nitro groups is 1. The molecule has 25 heavy (non-hydrogen) atoms. The minimum atomic E-state index is -0.332. The fraction of sp³-hybridized carbons (Fsp3) is 0.562. The number of nitrogens with zero attached hydrogens (tertiary/aromatic N) is 5. The molecule has 0 aromatic heterocycles. The normalized spacial score (nSPS) is 21.3. The number of non-ortho nitro benzene ring substituents is 1. The van der Waals surface area contributed by atoms with E-state index >= 15 is 0 Å². The SMILES string of the molecule is CSC1N(S)N=C(c2ccc([N+](=O)[O-])cc2N2CCCCCC2)N1C. The third kappa shape index (κ3) is 3.67. The van der Waals surface area contributed by atoms with Crippen molar-refractivity contribution in [3.63, 3.8) is 0 Å². The van der Waals surface area contributed by atoms with E-state index in [1.54, 1.807) is 28.3 Å². The lowest BCUT2D eigenvalue weighted by Gasteiger charge is -2.28. The molecule has 9 heteroatoms. The summed E-state index contributed by atoms with van der Waals surface area (Å²) >= 11 is 6.07. The molecule has 0 amide bonds. The molecule has 1 atom stereocenters. The summed E-state index contributed by atoms with van der Waals surface area (Å²) in [6.45, 7) is 1.84. The van der Waals surface area contributed by atoms with Crippen LogP contribution >= 0.6 is 24.6 Å². The molecule has 0 radical (unpaired) electrons. The van der Waals surface area contributed by atoms with Crippen LogP contribution in [0.1, 0.15) is 31.2 Å². The smallest absolute Gasteiger partial charge is 0.271 e. The standard InChI is InChI=1S/C16H23N5O2S2/c1-18-15(17-20(24)16(18)25-2)13-8-7-12(21(22)23)11-14(13)19-9-5-3-4-6-10-19/h7-8,11,16,24H,3-6,9-10H2,1-2H3. The number of benzene rings is 1. The van der Waals surface area contributed by atoms with E-state index in [2.05, 4.69) is 27.7 Å². The molecule has 0 saturated carbocycles. The Balaban J connectivity index is 2.03. The summed E-state index contributed by atoms with van der Waals surface area (Å²) in [6, 6.07) is 5.06. The number of anilines is 1. The van der Waals surface area contributed by atoms with Gasteiger partial charge in [-0.25, -0.2) is 4.41 Å². The highest BCUT2D eigenvalue weighted by atomic mass is 32.2. The zero-order chi connectivity index (χ0) is 18.0. The highest BCUT2D eigenvalue weighted by Gasteiger charge is 2.32.